The zero-order valence-corrected chi connectivity index (χ0v) is 15.1. The van der Waals surface area contributed by atoms with Crippen LogP contribution in [0.1, 0.15) is 32.6 Å². The highest BCUT2D eigenvalue weighted by Gasteiger charge is 2.19. The van der Waals surface area contributed by atoms with E-state index in [0.717, 1.165) is 22.4 Å². The Balaban J connectivity index is 1.61. The third-order valence-corrected chi connectivity index (χ3v) is 4.82. The van der Waals surface area contributed by atoms with Crippen molar-refractivity contribution in [1.29, 1.82) is 5.26 Å². The molecule has 0 saturated heterocycles. The van der Waals surface area contributed by atoms with Crippen LogP contribution in [0.2, 0.25) is 0 Å². The summed E-state index contributed by atoms with van der Waals surface area (Å²) in [5.74, 6) is -0.249. The van der Waals surface area contributed by atoms with Gasteiger partial charge in [-0.1, -0.05) is 6.07 Å². The van der Waals surface area contributed by atoms with Gasteiger partial charge in [0.2, 0.25) is 0 Å². The number of aliphatic imine (C=N–C) groups is 1. The second kappa shape index (κ2) is 6.62. The van der Waals surface area contributed by atoms with Gasteiger partial charge in [-0.2, -0.15) is 5.26 Å². The second-order valence-corrected chi connectivity index (χ2v) is 6.66. The first kappa shape index (κ1) is 16.3. The average molecular weight is 406 g/mol. The van der Waals surface area contributed by atoms with Crippen LogP contribution in [0, 0.1) is 11.3 Å². The van der Waals surface area contributed by atoms with Crippen molar-refractivity contribution >= 4 is 33.2 Å². The average Bonchev–Trinajstić information content (AvgIpc) is 3.30. The third-order valence-electron chi connectivity index (χ3n) is 4.17. The summed E-state index contributed by atoms with van der Waals surface area (Å²) in [6.45, 7) is 0.616. The summed E-state index contributed by atoms with van der Waals surface area (Å²) in [4.78, 5) is 17.1. The van der Waals surface area contributed by atoms with Crippen molar-refractivity contribution in [3.05, 3.63) is 87.3 Å². The highest BCUT2D eigenvalue weighted by Crippen LogP contribution is 2.27. The van der Waals surface area contributed by atoms with Crippen molar-refractivity contribution in [2.45, 2.75) is 6.54 Å². The SMILES string of the molecule is N#Cc1ccc(C(=O)Nc2ccc3c(c2)C(c2ccoc2)=NC3)c(Br)c1. The summed E-state index contributed by atoms with van der Waals surface area (Å²) < 4.78 is 5.73. The van der Waals surface area contributed by atoms with Crippen molar-refractivity contribution in [2.75, 3.05) is 5.32 Å². The number of nitriles is 1. The molecule has 0 spiro atoms. The van der Waals surface area contributed by atoms with Gasteiger partial charge in [-0.15, -0.1) is 0 Å². The lowest BCUT2D eigenvalue weighted by molar-refractivity contribution is 0.102. The van der Waals surface area contributed by atoms with Gasteiger partial charge in [-0.05, 0) is 57.9 Å². The van der Waals surface area contributed by atoms with Crippen LogP contribution in [0.4, 0.5) is 5.69 Å². The maximum atomic E-state index is 12.6. The number of hydrogen-bond donors (Lipinski definition) is 1. The van der Waals surface area contributed by atoms with E-state index in [1.807, 2.05) is 30.3 Å². The number of rotatable bonds is 3. The molecule has 0 bridgehead atoms. The molecule has 1 aliphatic heterocycles. The van der Waals surface area contributed by atoms with E-state index in [9.17, 15) is 4.79 Å². The van der Waals surface area contributed by atoms with Gasteiger partial charge >= 0.3 is 0 Å². The standard InChI is InChI=1S/C20H12BrN3O2/c21-18-7-12(9-22)1-4-16(18)20(25)24-15-3-2-13-10-23-19(17(13)8-15)14-5-6-26-11-14/h1-8,11H,10H2,(H,24,25). The minimum absolute atomic E-state index is 0.249. The molecule has 6 heteroatoms. The molecule has 3 aromatic rings. The minimum atomic E-state index is -0.249. The van der Waals surface area contributed by atoms with Crippen LogP contribution < -0.4 is 5.32 Å². The van der Waals surface area contributed by atoms with Crippen LogP contribution in [-0.4, -0.2) is 11.6 Å². The molecule has 1 aliphatic rings. The Hall–Kier alpha value is -3.17. The second-order valence-electron chi connectivity index (χ2n) is 5.81. The normalized spacial score (nSPS) is 12.2. The van der Waals surface area contributed by atoms with E-state index in [4.69, 9.17) is 9.68 Å². The summed E-state index contributed by atoms with van der Waals surface area (Å²) in [6, 6.07) is 14.5. The van der Waals surface area contributed by atoms with Gasteiger partial charge in [0, 0.05) is 21.3 Å². The third kappa shape index (κ3) is 2.93. The lowest BCUT2D eigenvalue weighted by Crippen LogP contribution is -2.13. The van der Waals surface area contributed by atoms with Crippen molar-refractivity contribution in [2.24, 2.45) is 4.99 Å². The molecule has 26 heavy (non-hydrogen) atoms. The van der Waals surface area contributed by atoms with Gasteiger partial charge in [-0.25, -0.2) is 0 Å². The Morgan fingerprint density at radius 3 is 2.85 bits per heavy atom. The number of amides is 1. The number of nitrogens with zero attached hydrogens (tertiary/aromatic N) is 2. The van der Waals surface area contributed by atoms with Crippen molar-refractivity contribution in [3.8, 4) is 6.07 Å². The molecule has 4 rings (SSSR count). The first-order valence-corrected chi connectivity index (χ1v) is 8.66. The Morgan fingerprint density at radius 1 is 1.23 bits per heavy atom. The monoisotopic (exact) mass is 405 g/mol. The maximum Gasteiger partial charge on any atom is 0.256 e. The Kier molecular flexibility index (Phi) is 4.15. The predicted octanol–water partition coefficient (Wildman–Crippen LogP) is 4.52. The van der Waals surface area contributed by atoms with Gasteiger partial charge in [0.1, 0.15) is 0 Å². The van der Waals surface area contributed by atoms with Crippen molar-refractivity contribution in [3.63, 3.8) is 0 Å². The molecule has 0 atom stereocenters. The number of furan rings is 1. The van der Waals surface area contributed by atoms with E-state index in [-0.39, 0.29) is 5.91 Å². The van der Waals surface area contributed by atoms with Crippen molar-refractivity contribution < 1.29 is 9.21 Å². The predicted molar refractivity (Wildman–Crippen MR) is 101 cm³/mol. The summed E-state index contributed by atoms with van der Waals surface area (Å²) in [7, 11) is 0. The van der Waals surface area contributed by atoms with Gasteiger partial charge in [0.05, 0.1) is 42.0 Å². The molecule has 0 saturated carbocycles. The van der Waals surface area contributed by atoms with E-state index >= 15 is 0 Å². The number of carbonyl (C=O) groups is 1. The molecule has 5 nitrogen and oxygen atoms in total. The number of benzene rings is 2. The summed E-state index contributed by atoms with van der Waals surface area (Å²) in [5, 5.41) is 11.8. The number of halogens is 1. The first-order chi connectivity index (χ1) is 12.7. The number of fused-ring (bicyclic) bond motifs is 1. The largest absolute Gasteiger partial charge is 0.472 e. The maximum absolute atomic E-state index is 12.6. The molecule has 0 aliphatic carbocycles. The van der Waals surface area contributed by atoms with Crippen molar-refractivity contribution in [1.82, 2.24) is 0 Å². The van der Waals surface area contributed by atoms with Gasteiger partial charge in [-0.3, -0.25) is 9.79 Å². The van der Waals surface area contributed by atoms with Crippen LogP contribution in [0.15, 0.2) is 68.9 Å². The zero-order valence-electron chi connectivity index (χ0n) is 13.5. The van der Waals surface area contributed by atoms with E-state index in [2.05, 4.69) is 26.2 Å². The molecule has 0 fully saturated rings. The smallest absolute Gasteiger partial charge is 0.256 e. The topological polar surface area (TPSA) is 78.4 Å². The highest BCUT2D eigenvalue weighted by molar-refractivity contribution is 9.10. The molecular weight excluding hydrogens is 394 g/mol. The number of nitrogens with one attached hydrogen (secondary N) is 1. The van der Waals surface area contributed by atoms with Crippen LogP contribution in [-0.2, 0) is 6.54 Å². The van der Waals surface area contributed by atoms with Gasteiger partial charge < -0.3 is 9.73 Å². The summed E-state index contributed by atoms with van der Waals surface area (Å²) >= 11 is 3.35. The van der Waals surface area contributed by atoms with Gasteiger partial charge in [0.15, 0.2) is 0 Å². The summed E-state index contributed by atoms with van der Waals surface area (Å²) in [6.07, 6.45) is 3.27. The molecule has 0 radical (unpaired) electrons. The first-order valence-electron chi connectivity index (χ1n) is 7.87. The molecule has 1 aromatic heterocycles. The molecule has 1 N–H and O–H groups in total. The molecule has 2 heterocycles. The number of anilines is 1. The fraction of sp³-hybridized carbons (Fsp3) is 0.0500. The summed E-state index contributed by atoms with van der Waals surface area (Å²) in [5.41, 5.74) is 5.52. The Morgan fingerprint density at radius 2 is 2.12 bits per heavy atom. The molecule has 2 aromatic carbocycles. The van der Waals surface area contributed by atoms with E-state index in [1.165, 1.54) is 0 Å². The number of carbonyl (C=O) groups excluding carboxylic acids is 1. The Bertz CT molecular complexity index is 1080. The zero-order chi connectivity index (χ0) is 18.1. The molecule has 126 valence electrons. The highest BCUT2D eigenvalue weighted by atomic mass is 79.9. The fourth-order valence-electron chi connectivity index (χ4n) is 2.88. The lowest BCUT2D eigenvalue weighted by Gasteiger charge is -2.09. The minimum Gasteiger partial charge on any atom is -0.472 e. The van der Waals surface area contributed by atoms with E-state index in [1.54, 1.807) is 30.7 Å². The molecule has 0 unspecified atom stereocenters. The molecular formula is C20H12BrN3O2. The van der Waals surface area contributed by atoms with Crippen LogP contribution in [0.25, 0.3) is 0 Å². The van der Waals surface area contributed by atoms with E-state index < -0.39 is 0 Å². The Labute approximate surface area is 158 Å². The van der Waals surface area contributed by atoms with E-state index in [0.29, 0.717) is 27.8 Å². The van der Waals surface area contributed by atoms with Crippen LogP contribution in [0.3, 0.4) is 0 Å². The number of hydrogen-bond acceptors (Lipinski definition) is 4. The van der Waals surface area contributed by atoms with Crippen LogP contribution >= 0.6 is 15.9 Å². The molecule has 1 amide bonds. The lowest BCUT2D eigenvalue weighted by atomic mass is 10.0. The quantitative estimate of drug-likeness (QED) is 0.695. The van der Waals surface area contributed by atoms with Gasteiger partial charge in [0.25, 0.3) is 5.91 Å². The van der Waals surface area contributed by atoms with Crippen LogP contribution in [0.5, 0.6) is 0 Å². The fourth-order valence-corrected chi connectivity index (χ4v) is 3.43.